The third-order valence-corrected chi connectivity index (χ3v) is 1.85. The molecule has 0 unspecified atom stereocenters. The molecule has 0 N–H and O–H groups in total. The molecule has 3 heteroatoms. The van der Waals surface area contributed by atoms with Crippen LogP contribution >= 0.6 is 0 Å². The van der Waals surface area contributed by atoms with Crippen molar-refractivity contribution in [3.8, 4) is 6.07 Å². The summed E-state index contributed by atoms with van der Waals surface area (Å²) in [5.41, 5.74) is 0.955. The number of hydrogen-bond donors (Lipinski definition) is 0. The summed E-state index contributed by atoms with van der Waals surface area (Å²) in [5, 5.41) is 13.8. The van der Waals surface area contributed by atoms with Crippen molar-refractivity contribution in [3.63, 3.8) is 0 Å². The number of nitrogens with zero attached hydrogens (tertiary/aromatic N) is 3. The van der Waals surface area contributed by atoms with Gasteiger partial charge in [-0.05, 0) is 18.2 Å². The Bertz CT molecular complexity index is 417. The normalized spacial score (nSPS) is 10.1. The molecule has 0 aliphatic carbocycles. The fraction of sp³-hybridized carbons (Fsp3) is 0.200. The van der Waals surface area contributed by atoms with Gasteiger partial charge in [-0.2, -0.15) is 10.4 Å². The summed E-state index contributed by atoms with van der Waals surface area (Å²) < 4.78 is 1.79. The van der Waals surface area contributed by atoms with E-state index in [2.05, 4.69) is 17.2 Å². The van der Waals surface area contributed by atoms with E-state index in [1.54, 1.807) is 4.68 Å². The van der Waals surface area contributed by atoms with Gasteiger partial charge in [0.1, 0.15) is 0 Å². The van der Waals surface area contributed by atoms with Crippen LogP contribution in [-0.4, -0.2) is 9.78 Å². The number of aromatic nitrogens is 2. The lowest BCUT2D eigenvalue weighted by Gasteiger charge is -1.92. The molecule has 63 valence electrons. The van der Waals surface area contributed by atoms with E-state index in [1.807, 2.05) is 24.4 Å². The molecule has 0 saturated carbocycles. The molecule has 1 aromatic carbocycles. The van der Waals surface area contributed by atoms with Gasteiger partial charge in [0.25, 0.3) is 0 Å². The summed E-state index contributed by atoms with van der Waals surface area (Å²) in [6, 6.07) is 10.7. The summed E-state index contributed by atoms with van der Waals surface area (Å²) in [4.78, 5) is 0. The smallest absolute Gasteiger partial charge is 0.0923 e. The van der Waals surface area contributed by atoms with Gasteiger partial charge in [-0.1, -0.05) is 6.07 Å². The van der Waals surface area contributed by atoms with E-state index in [-0.39, 0.29) is 0 Å². The van der Waals surface area contributed by atoms with E-state index in [1.165, 1.54) is 0 Å². The van der Waals surface area contributed by atoms with Crippen LogP contribution in [0.15, 0.2) is 24.4 Å². The lowest BCUT2D eigenvalue weighted by molar-refractivity contribution is 0.634. The van der Waals surface area contributed by atoms with Gasteiger partial charge in [-0.3, -0.25) is 4.68 Å². The van der Waals surface area contributed by atoms with Gasteiger partial charge < -0.3 is 0 Å². The summed E-state index contributed by atoms with van der Waals surface area (Å²) >= 11 is 0. The second-order valence-corrected chi connectivity index (χ2v) is 2.79. The van der Waals surface area contributed by atoms with Gasteiger partial charge in [-0.15, -0.1) is 0 Å². The summed E-state index contributed by atoms with van der Waals surface area (Å²) in [5.74, 6) is 0. The molecule has 0 atom stereocenters. The van der Waals surface area contributed by atoms with Crippen LogP contribution in [0.1, 0.15) is 6.42 Å². The van der Waals surface area contributed by atoms with Crippen LogP contribution in [0, 0.1) is 17.4 Å². The molecule has 0 aliphatic rings. The van der Waals surface area contributed by atoms with Gasteiger partial charge in [0, 0.05) is 11.6 Å². The summed E-state index contributed by atoms with van der Waals surface area (Å²) in [6.07, 6.45) is 2.43. The predicted octanol–water partition coefficient (Wildman–Crippen LogP) is 1.75. The molecule has 0 spiro atoms. The van der Waals surface area contributed by atoms with Gasteiger partial charge in [0.2, 0.25) is 0 Å². The van der Waals surface area contributed by atoms with E-state index >= 15 is 0 Å². The first-order valence-corrected chi connectivity index (χ1v) is 4.10. The van der Waals surface area contributed by atoms with E-state index in [4.69, 9.17) is 5.26 Å². The third kappa shape index (κ3) is 1.52. The van der Waals surface area contributed by atoms with Crippen molar-refractivity contribution < 1.29 is 0 Å². The van der Waals surface area contributed by atoms with E-state index in [0.717, 1.165) is 10.9 Å². The minimum absolute atomic E-state index is 0.498. The largest absolute Gasteiger partial charge is 0.270 e. The average Bonchev–Trinajstić information content (AvgIpc) is 2.57. The lowest BCUT2D eigenvalue weighted by atomic mass is 10.3. The van der Waals surface area contributed by atoms with Crippen LogP contribution in [-0.2, 0) is 6.54 Å². The number of benzene rings is 1. The molecular weight excluding hydrogens is 162 g/mol. The highest BCUT2D eigenvalue weighted by Gasteiger charge is 1.97. The molecule has 1 aromatic heterocycles. The number of aryl methyl sites for hydroxylation is 1. The van der Waals surface area contributed by atoms with E-state index < -0.39 is 0 Å². The minimum Gasteiger partial charge on any atom is -0.270 e. The zero-order chi connectivity index (χ0) is 9.10. The molecule has 0 amide bonds. The van der Waals surface area contributed by atoms with Crippen LogP contribution in [0.2, 0.25) is 0 Å². The van der Waals surface area contributed by atoms with Crippen molar-refractivity contribution in [3.05, 3.63) is 30.5 Å². The molecular formula is C10H8N3. The quantitative estimate of drug-likeness (QED) is 0.689. The molecule has 3 nitrogen and oxygen atoms in total. The molecule has 13 heavy (non-hydrogen) atoms. The fourth-order valence-corrected chi connectivity index (χ4v) is 1.24. The zero-order valence-electron chi connectivity index (χ0n) is 7.07. The van der Waals surface area contributed by atoms with Gasteiger partial charge in [-0.25, -0.2) is 0 Å². The second kappa shape index (κ2) is 3.28. The summed E-state index contributed by atoms with van der Waals surface area (Å²) in [7, 11) is 0. The maximum atomic E-state index is 8.41. The molecule has 0 saturated heterocycles. The SMILES string of the molecule is N#CCCn1cc2c[c]ccc2n1. The minimum atomic E-state index is 0.498. The van der Waals surface area contributed by atoms with Crippen molar-refractivity contribution in [2.24, 2.45) is 0 Å². The lowest BCUT2D eigenvalue weighted by Crippen LogP contribution is -1.96. The van der Waals surface area contributed by atoms with Crippen LogP contribution in [0.25, 0.3) is 10.9 Å². The number of rotatable bonds is 2. The Morgan fingerprint density at radius 1 is 1.62 bits per heavy atom. The maximum absolute atomic E-state index is 8.41. The first-order chi connectivity index (χ1) is 6.40. The Morgan fingerprint density at radius 3 is 3.31 bits per heavy atom. The van der Waals surface area contributed by atoms with Crippen molar-refractivity contribution in [2.75, 3.05) is 0 Å². The van der Waals surface area contributed by atoms with Crippen molar-refractivity contribution >= 4 is 10.9 Å². The Balaban J connectivity index is 2.34. The van der Waals surface area contributed by atoms with Crippen LogP contribution in [0.3, 0.4) is 0 Å². The Labute approximate surface area is 76.2 Å². The first kappa shape index (κ1) is 7.81. The van der Waals surface area contributed by atoms with E-state index in [0.29, 0.717) is 13.0 Å². The highest BCUT2D eigenvalue weighted by atomic mass is 15.3. The average molecular weight is 170 g/mol. The molecule has 2 rings (SSSR count). The van der Waals surface area contributed by atoms with Crippen molar-refractivity contribution in [2.45, 2.75) is 13.0 Å². The van der Waals surface area contributed by atoms with Crippen molar-refractivity contribution in [1.29, 1.82) is 5.26 Å². The fourth-order valence-electron chi connectivity index (χ4n) is 1.24. The number of nitriles is 1. The molecule has 1 radical (unpaired) electrons. The van der Waals surface area contributed by atoms with Crippen LogP contribution in [0.4, 0.5) is 0 Å². The number of fused-ring (bicyclic) bond motifs is 1. The molecule has 1 heterocycles. The Hall–Kier alpha value is -1.82. The first-order valence-electron chi connectivity index (χ1n) is 4.10. The molecule has 0 aliphatic heterocycles. The predicted molar refractivity (Wildman–Crippen MR) is 48.8 cm³/mol. The zero-order valence-corrected chi connectivity index (χ0v) is 7.07. The van der Waals surface area contributed by atoms with Crippen LogP contribution < -0.4 is 0 Å². The standard InChI is InChI=1S/C10H8N3/c11-6-3-7-13-8-9-4-1-2-5-10(9)12-13/h2,4-5,8H,3,7H2. The Morgan fingerprint density at radius 2 is 2.54 bits per heavy atom. The summed E-state index contributed by atoms with van der Waals surface area (Å²) in [6.45, 7) is 0.658. The molecule has 0 bridgehead atoms. The van der Waals surface area contributed by atoms with Crippen LogP contribution in [0.5, 0.6) is 0 Å². The highest BCUT2D eigenvalue weighted by Crippen LogP contribution is 2.10. The maximum Gasteiger partial charge on any atom is 0.0923 e. The van der Waals surface area contributed by atoms with Gasteiger partial charge >= 0.3 is 0 Å². The van der Waals surface area contributed by atoms with Crippen molar-refractivity contribution in [1.82, 2.24) is 9.78 Å². The molecule has 0 fully saturated rings. The van der Waals surface area contributed by atoms with E-state index in [9.17, 15) is 0 Å². The van der Waals surface area contributed by atoms with Gasteiger partial charge in [0.05, 0.1) is 24.6 Å². The highest BCUT2D eigenvalue weighted by molar-refractivity contribution is 5.77. The topological polar surface area (TPSA) is 41.6 Å². The Kier molecular flexibility index (Phi) is 1.97. The number of hydrogen-bond acceptors (Lipinski definition) is 2. The van der Waals surface area contributed by atoms with Gasteiger partial charge in [0.15, 0.2) is 0 Å². The second-order valence-electron chi connectivity index (χ2n) is 2.79. The monoisotopic (exact) mass is 170 g/mol. The third-order valence-electron chi connectivity index (χ3n) is 1.85. The molecule has 2 aromatic rings.